The van der Waals surface area contributed by atoms with Gasteiger partial charge in [-0.2, -0.15) is 0 Å². The molecule has 1 aromatic rings. The molecule has 98 valence electrons. The van der Waals surface area contributed by atoms with E-state index in [1.54, 1.807) is 12.3 Å². The molecule has 18 heavy (non-hydrogen) atoms. The SMILES string of the molecule is CCCNC(C1=CCCO1)c1ncc(Cl)cc1Cl. The number of pyridine rings is 1. The predicted octanol–water partition coefficient (Wildman–Crippen LogP) is 3.73. The molecular weight excluding hydrogens is 271 g/mol. The molecule has 5 heteroatoms. The summed E-state index contributed by atoms with van der Waals surface area (Å²) in [6.07, 6.45) is 5.67. The van der Waals surface area contributed by atoms with Crippen LogP contribution in [0.4, 0.5) is 0 Å². The zero-order chi connectivity index (χ0) is 13.0. The first-order chi connectivity index (χ1) is 8.72. The largest absolute Gasteiger partial charge is 0.496 e. The van der Waals surface area contributed by atoms with E-state index >= 15 is 0 Å². The van der Waals surface area contributed by atoms with Crippen molar-refractivity contribution >= 4 is 23.2 Å². The number of hydrogen-bond acceptors (Lipinski definition) is 3. The third-order valence-corrected chi connectivity index (χ3v) is 3.23. The van der Waals surface area contributed by atoms with Gasteiger partial charge in [-0.3, -0.25) is 4.98 Å². The molecule has 1 unspecified atom stereocenters. The summed E-state index contributed by atoms with van der Waals surface area (Å²) in [4.78, 5) is 4.33. The zero-order valence-electron chi connectivity index (χ0n) is 10.2. The van der Waals surface area contributed by atoms with Crippen molar-refractivity contribution in [1.82, 2.24) is 10.3 Å². The number of nitrogens with one attached hydrogen (secondary N) is 1. The van der Waals surface area contributed by atoms with Gasteiger partial charge < -0.3 is 10.1 Å². The zero-order valence-corrected chi connectivity index (χ0v) is 11.8. The molecule has 1 aliphatic heterocycles. The Labute approximate surface area is 117 Å². The van der Waals surface area contributed by atoms with Crippen LogP contribution in [-0.4, -0.2) is 18.1 Å². The first-order valence-electron chi connectivity index (χ1n) is 6.09. The molecule has 1 atom stereocenters. The number of hydrogen-bond donors (Lipinski definition) is 1. The molecule has 0 aliphatic carbocycles. The highest BCUT2D eigenvalue weighted by molar-refractivity contribution is 6.34. The maximum Gasteiger partial charge on any atom is 0.115 e. The van der Waals surface area contributed by atoms with Gasteiger partial charge >= 0.3 is 0 Å². The third-order valence-electron chi connectivity index (χ3n) is 2.72. The quantitative estimate of drug-likeness (QED) is 0.896. The van der Waals surface area contributed by atoms with Crippen molar-refractivity contribution in [2.24, 2.45) is 0 Å². The van der Waals surface area contributed by atoms with Crippen LogP contribution in [0.3, 0.4) is 0 Å². The Morgan fingerprint density at radius 1 is 1.50 bits per heavy atom. The molecule has 1 aliphatic rings. The first kappa shape index (κ1) is 13.7. The molecule has 1 N–H and O–H groups in total. The van der Waals surface area contributed by atoms with Crippen LogP contribution < -0.4 is 5.32 Å². The second-order valence-electron chi connectivity index (χ2n) is 4.15. The van der Waals surface area contributed by atoms with E-state index in [2.05, 4.69) is 23.3 Å². The second-order valence-corrected chi connectivity index (χ2v) is 5.00. The molecule has 0 saturated heterocycles. The topological polar surface area (TPSA) is 34.1 Å². The molecule has 0 aromatic carbocycles. The second kappa shape index (κ2) is 6.41. The van der Waals surface area contributed by atoms with Gasteiger partial charge in [0.25, 0.3) is 0 Å². The minimum Gasteiger partial charge on any atom is -0.496 e. The fourth-order valence-corrected chi connectivity index (χ4v) is 2.39. The lowest BCUT2D eigenvalue weighted by Gasteiger charge is -2.20. The predicted molar refractivity (Wildman–Crippen MR) is 73.9 cm³/mol. The minimum absolute atomic E-state index is 0.0859. The third kappa shape index (κ3) is 3.16. The van der Waals surface area contributed by atoms with Crippen LogP contribution >= 0.6 is 23.2 Å². The van der Waals surface area contributed by atoms with Crippen LogP contribution in [0.5, 0.6) is 0 Å². The normalized spacial score (nSPS) is 16.3. The lowest BCUT2D eigenvalue weighted by Crippen LogP contribution is -2.25. The van der Waals surface area contributed by atoms with Crippen molar-refractivity contribution in [3.63, 3.8) is 0 Å². The van der Waals surface area contributed by atoms with Crippen LogP contribution in [0.1, 0.15) is 31.5 Å². The number of ether oxygens (including phenoxy) is 1. The molecule has 0 fully saturated rings. The fraction of sp³-hybridized carbons (Fsp3) is 0.462. The van der Waals surface area contributed by atoms with Gasteiger partial charge in [0.05, 0.1) is 22.3 Å². The van der Waals surface area contributed by atoms with E-state index in [0.29, 0.717) is 10.0 Å². The summed E-state index contributed by atoms with van der Waals surface area (Å²) in [7, 11) is 0. The van der Waals surface area contributed by atoms with Gasteiger partial charge in [-0.05, 0) is 25.1 Å². The molecule has 2 rings (SSSR count). The maximum atomic E-state index is 6.21. The molecule has 0 amide bonds. The Hall–Kier alpha value is -0.770. The highest BCUT2D eigenvalue weighted by atomic mass is 35.5. The summed E-state index contributed by atoms with van der Waals surface area (Å²) in [5, 5.41) is 4.51. The van der Waals surface area contributed by atoms with E-state index < -0.39 is 0 Å². The van der Waals surface area contributed by atoms with Crippen molar-refractivity contribution < 1.29 is 4.74 Å². The van der Waals surface area contributed by atoms with Crippen molar-refractivity contribution in [2.75, 3.05) is 13.2 Å². The Bertz CT molecular complexity index is 449. The Morgan fingerprint density at radius 2 is 2.33 bits per heavy atom. The van der Waals surface area contributed by atoms with E-state index in [4.69, 9.17) is 27.9 Å². The van der Waals surface area contributed by atoms with Crippen LogP contribution in [-0.2, 0) is 4.74 Å². The molecule has 3 nitrogen and oxygen atoms in total. The van der Waals surface area contributed by atoms with Gasteiger partial charge in [0, 0.05) is 12.6 Å². The lowest BCUT2D eigenvalue weighted by atomic mass is 10.1. The van der Waals surface area contributed by atoms with E-state index in [9.17, 15) is 0 Å². The van der Waals surface area contributed by atoms with Gasteiger partial charge in [0.2, 0.25) is 0 Å². The first-order valence-corrected chi connectivity index (χ1v) is 6.85. The van der Waals surface area contributed by atoms with Crippen molar-refractivity contribution in [3.8, 4) is 0 Å². The molecule has 0 bridgehead atoms. The fourth-order valence-electron chi connectivity index (χ4n) is 1.90. The Balaban J connectivity index is 2.26. The summed E-state index contributed by atoms with van der Waals surface area (Å²) >= 11 is 12.1. The number of nitrogens with zero attached hydrogens (tertiary/aromatic N) is 1. The van der Waals surface area contributed by atoms with Crippen LogP contribution in [0, 0.1) is 0 Å². The van der Waals surface area contributed by atoms with E-state index in [1.807, 2.05) is 0 Å². The summed E-state index contributed by atoms with van der Waals surface area (Å²) in [5.74, 6) is 0.903. The number of halogens is 2. The molecule has 0 radical (unpaired) electrons. The smallest absolute Gasteiger partial charge is 0.115 e. The van der Waals surface area contributed by atoms with Crippen molar-refractivity contribution in [2.45, 2.75) is 25.8 Å². The average Bonchev–Trinajstić information content (AvgIpc) is 2.85. The standard InChI is InChI=1S/C13H16Cl2N2O/c1-2-5-16-13(11-4-3-6-18-11)12-10(15)7-9(14)8-17-12/h4,7-8,13,16H,2-3,5-6H2,1H3. The average molecular weight is 287 g/mol. The number of rotatable bonds is 5. The van der Waals surface area contributed by atoms with Crippen LogP contribution in [0.2, 0.25) is 10.0 Å². The van der Waals surface area contributed by atoms with E-state index in [-0.39, 0.29) is 6.04 Å². The Morgan fingerprint density at radius 3 is 2.94 bits per heavy atom. The van der Waals surface area contributed by atoms with E-state index in [0.717, 1.165) is 37.4 Å². The van der Waals surface area contributed by atoms with Crippen LogP contribution in [0.25, 0.3) is 0 Å². The monoisotopic (exact) mass is 286 g/mol. The molecule has 2 heterocycles. The molecule has 0 spiro atoms. The van der Waals surface area contributed by atoms with Gasteiger partial charge in [0.15, 0.2) is 0 Å². The van der Waals surface area contributed by atoms with Crippen LogP contribution in [0.15, 0.2) is 24.1 Å². The highest BCUT2D eigenvalue weighted by Crippen LogP contribution is 2.31. The summed E-state index contributed by atoms with van der Waals surface area (Å²) < 4.78 is 5.62. The van der Waals surface area contributed by atoms with Crippen molar-refractivity contribution in [3.05, 3.63) is 39.8 Å². The van der Waals surface area contributed by atoms with Gasteiger partial charge in [-0.15, -0.1) is 0 Å². The number of aromatic nitrogens is 1. The van der Waals surface area contributed by atoms with E-state index in [1.165, 1.54) is 0 Å². The van der Waals surface area contributed by atoms with Gasteiger partial charge in [-0.1, -0.05) is 30.1 Å². The van der Waals surface area contributed by atoms with Gasteiger partial charge in [0.1, 0.15) is 11.8 Å². The molecular formula is C13H16Cl2N2O. The minimum atomic E-state index is -0.0859. The highest BCUT2D eigenvalue weighted by Gasteiger charge is 2.23. The van der Waals surface area contributed by atoms with Crippen molar-refractivity contribution in [1.29, 1.82) is 0 Å². The molecule has 0 saturated carbocycles. The van der Waals surface area contributed by atoms with Gasteiger partial charge in [-0.25, -0.2) is 0 Å². The Kier molecular flexibility index (Phi) is 4.87. The molecule has 1 aromatic heterocycles. The maximum absolute atomic E-state index is 6.21. The summed E-state index contributed by atoms with van der Waals surface area (Å²) in [6, 6.07) is 1.62. The summed E-state index contributed by atoms with van der Waals surface area (Å²) in [6.45, 7) is 3.72. The summed E-state index contributed by atoms with van der Waals surface area (Å²) in [5.41, 5.74) is 0.766. The lowest BCUT2D eigenvalue weighted by molar-refractivity contribution is 0.214.